The van der Waals surface area contributed by atoms with Crippen molar-refractivity contribution in [3.63, 3.8) is 0 Å². The molecule has 0 bridgehead atoms. The van der Waals surface area contributed by atoms with Gasteiger partial charge >= 0.3 is 0 Å². The summed E-state index contributed by atoms with van der Waals surface area (Å²) in [5.41, 5.74) is 0.0625. The Hall–Kier alpha value is -1.21. The fraction of sp³-hybridized carbons (Fsp3) is 0.143. The summed E-state index contributed by atoms with van der Waals surface area (Å²) in [5.74, 6) is -1.53. The molecule has 0 aromatic heterocycles. The predicted octanol–water partition coefficient (Wildman–Crippen LogP) is 4.09. The highest BCUT2D eigenvalue weighted by atomic mass is 35.5. The molecule has 3 nitrogen and oxygen atoms in total. The first-order valence-electron chi connectivity index (χ1n) is 6.07. The molecule has 2 rings (SSSR count). The molecule has 0 fully saturated rings. The van der Waals surface area contributed by atoms with Crippen LogP contribution in [0.5, 0.6) is 0 Å². The smallest absolute Gasteiger partial charge is 0.207 e. The van der Waals surface area contributed by atoms with Crippen molar-refractivity contribution in [2.75, 3.05) is 7.05 Å². The summed E-state index contributed by atoms with van der Waals surface area (Å²) < 4.78 is 52.2. The topological polar surface area (TPSA) is 37.4 Å². The number of hydrogen-bond donors (Lipinski definition) is 0. The fourth-order valence-electron chi connectivity index (χ4n) is 1.79. The lowest BCUT2D eigenvalue weighted by molar-refractivity contribution is 0.454. The van der Waals surface area contributed by atoms with Crippen LogP contribution in [0.15, 0.2) is 41.3 Å². The maximum Gasteiger partial charge on any atom is 0.243 e. The summed E-state index contributed by atoms with van der Waals surface area (Å²) in [7, 11) is -2.58. The molecule has 0 heterocycles. The van der Waals surface area contributed by atoms with Crippen molar-refractivity contribution in [3.05, 3.63) is 63.6 Å². The normalized spacial score (nSPS) is 11.9. The summed E-state index contributed by atoms with van der Waals surface area (Å²) in [5, 5.41) is 0.331. The van der Waals surface area contributed by atoms with Crippen molar-refractivity contribution in [2.24, 2.45) is 0 Å². The molecule has 2 aromatic carbocycles. The molecule has 8 heteroatoms. The van der Waals surface area contributed by atoms with E-state index < -0.39 is 21.7 Å². The first-order valence-corrected chi connectivity index (χ1v) is 8.27. The van der Waals surface area contributed by atoms with Gasteiger partial charge in [0, 0.05) is 25.2 Å². The zero-order valence-electron chi connectivity index (χ0n) is 11.4. The van der Waals surface area contributed by atoms with E-state index in [2.05, 4.69) is 0 Å². The number of rotatable bonds is 4. The van der Waals surface area contributed by atoms with Crippen LogP contribution >= 0.6 is 23.2 Å². The molecule has 0 aliphatic carbocycles. The van der Waals surface area contributed by atoms with Gasteiger partial charge in [0.2, 0.25) is 10.0 Å². The Kier molecular flexibility index (Phi) is 5.07. The molecule has 118 valence electrons. The second kappa shape index (κ2) is 6.50. The molecule has 0 atom stereocenters. The van der Waals surface area contributed by atoms with E-state index in [9.17, 15) is 17.2 Å². The maximum absolute atomic E-state index is 13.6. The number of benzene rings is 2. The van der Waals surface area contributed by atoms with Crippen LogP contribution in [-0.2, 0) is 16.6 Å². The molecule has 0 amide bonds. The Bertz CT molecular complexity index is 812. The van der Waals surface area contributed by atoms with Crippen molar-refractivity contribution in [1.29, 1.82) is 0 Å². The fourth-order valence-corrected chi connectivity index (χ4v) is 3.33. The summed E-state index contributed by atoms with van der Waals surface area (Å²) in [6, 6.07) is 6.86. The van der Waals surface area contributed by atoms with Crippen LogP contribution in [0.3, 0.4) is 0 Å². The zero-order chi connectivity index (χ0) is 16.5. The third-order valence-corrected chi connectivity index (χ3v) is 5.55. The van der Waals surface area contributed by atoms with E-state index in [1.807, 2.05) is 0 Å². The molecule has 0 saturated carbocycles. The minimum absolute atomic E-state index is 0.0625. The van der Waals surface area contributed by atoms with Gasteiger partial charge in [-0.05, 0) is 24.3 Å². The van der Waals surface area contributed by atoms with Crippen LogP contribution in [0.25, 0.3) is 0 Å². The van der Waals surface area contributed by atoms with Crippen LogP contribution < -0.4 is 0 Å². The second-order valence-corrected chi connectivity index (χ2v) is 7.43. The molecule has 0 aliphatic rings. The van der Waals surface area contributed by atoms with Gasteiger partial charge in [-0.15, -0.1) is 0 Å². The van der Waals surface area contributed by atoms with Crippen LogP contribution in [0, 0.1) is 11.6 Å². The van der Waals surface area contributed by atoms with Gasteiger partial charge in [-0.3, -0.25) is 0 Å². The van der Waals surface area contributed by atoms with Crippen molar-refractivity contribution in [2.45, 2.75) is 11.4 Å². The van der Waals surface area contributed by atoms with Crippen molar-refractivity contribution < 1.29 is 17.2 Å². The van der Waals surface area contributed by atoms with Gasteiger partial charge in [-0.1, -0.05) is 29.3 Å². The molecule has 0 spiro atoms. The summed E-state index contributed by atoms with van der Waals surface area (Å²) in [4.78, 5) is -0.0630. The Balaban J connectivity index is 2.30. The summed E-state index contributed by atoms with van der Waals surface area (Å²) >= 11 is 11.6. The second-order valence-electron chi connectivity index (χ2n) is 4.57. The number of halogens is 4. The van der Waals surface area contributed by atoms with Gasteiger partial charge < -0.3 is 0 Å². The van der Waals surface area contributed by atoms with Crippen LogP contribution in [0.1, 0.15) is 5.56 Å². The monoisotopic (exact) mass is 365 g/mol. The molecule has 0 unspecified atom stereocenters. The highest BCUT2D eigenvalue weighted by Crippen LogP contribution is 2.27. The molecule has 22 heavy (non-hydrogen) atoms. The average Bonchev–Trinajstić information content (AvgIpc) is 2.44. The summed E-state index contributed by atoms with van der Waals surface area (Å²) in [6.07, 6.45) is 0. The van der Waals surface area contributed by atoms with Gasteiger partial charge in [-0.25, -0.2) is 17.2 Å². The maximum atomic E-state index is 13.6. The number of hydrogen-bond acceptors (Lipinski definition) is 2. The van der Waals surface area contributed by atoms with Crippen LogP contribution in [-0.4, -0.2) is 19.8 Å². The first kappa shape index (κ1) is 17.1. The predicted molar refractivity (Wildman–Crippen MR) is 81.5 cm³/mol. The first-order chi connectivity index (χ1) is 10.2. The van der Waals surface area contributed by atoms with E-state index in [-0.39, 0.29) is 27.0 Å². The van der Waals surface area contributed by atoms with Crippen molar-refractivity contribution in [1.82, 2.24) is 4.31 Å². The Morgan fingerprint density at radius 3 is 2.32 bits per heavy atom. The largest absolute Gasteiger partial charge is 0.243 e. The molecule has 0 radical (unpaired) electrons. The number of sulfonamides is 1. The van der Waals surface area contributed by atoms with Gasteiger partial charge in [0.25, 0.3) is 0 Å². The lowest BCUT2D eigenvalue weighted by Gasteiger charge is -2.18. The van der Waals surface area contributed by atoms with E-state index in [0.29, 0.717) is 6.07 Å². The Morgan fingerprint density at radius 2 is 1.73 bits per heavy atom. The standard InChI is InChI=1S/C14H11Cl2F2NO2S/c1-19(8-9-2-3-10(17)6-14(9)18)22(20,21)11-4-5-12(15)13(16)7-11/h2-7H,8H2,1H3. The highest BCUT2D eigenvalue weighted by molar-refractivity contribution is 7.89. The average molecular weight is 366 g/mol. The van der Waals surface area contributed by atoms with Crippen LogP contribution in [0.4, 0.5) is 8.78 Å². The molecule has 0 aliphatic heterocycles. The van der Waals surface area contributed by atoms with Crippen LogP contribution in [0.2, 0.25) is 10.0 Å². The van der Waals surface area contributed by atoms with Gasteiger partial charge in [0.1, 0.15) is 11.6 Å². The zero-order valence-corrected chi connectivity index (χ0v) is 13.7. The quantitative estimate of drug-likeness (QED) is 0.817. The van der Waals surface area contributed by atoms with Crippen molar-refractivity contribution >= 4 is 33.2 Å². The molecular formula is C14H11Cl2F2NO2S. The van der Waals surface area contributed by atoms with Gasteiger partial charge in [-0.2, -0.15) is 4.31 Å². The van der Waals surface area contributed by atoms with E-state index in [1.165, 1.54) is 31.3 Å². The van der Waals surface area contributed by atoms with E-state index in [0.717, 1.165) is 10.4 Å². The molecular weight excluding hydrogens is 355 g/mol. The minimum Gasteiger partial charge on any atom is -0.207 e. The SMILES string of the molecule is CN(Cc1ccc(F)cc1F)S(=O)(=O)c1ccc(Cl)c(Cl)c1. The third kappa shape index (κ3) is 3.57. The van der Waals surface area contributed by atoms with E-state index in [4.69, 9.17) is 23.2 Å². The molecule has 0 saturated heterocycles. The third-order valence-electron chi connectivity index (χ3n) is 3.01. The van der Waals surface area contributed by atoms with Gasteiger partial charge in [0.15, 0.2) is 0 Å². The minimum atomic E-state index is -3.87. The lowest BCUT2D eigenvalue weighted by atomic mass is 10.2. The number of nitrogens with zero attached hydrogens (tertiary/aromatic N) is 1. The Morgan fingerprint density at radius 1 is 1.05 bits per heavy atom. The molecule has 0 N–H and O–H groups in total. The highest BCUT2D eigenvalue weighted by Gasteiger charge is 2.22. The van der Waals surface area contributed by atoms with E-state index in [1.54, 1.807) is 0 Å². The summed E-state index contributed by atoms with van der Waals surface area (Å²) in [6.45, 7) is -0.241. The van der Waals surface area contributed by atoms with E-state index >= 15 is 0 Å². The lowest BCUT2D eigenvalue weighted by Crippen LogP contribution is -2.27. The molecule has 2 aromatic rings. The van der Waals surface area contributed by atoms with Gasteiger partial charge in [0.05, 0.1) is 14.9 Å². The van der Waals surface area contributed by atoms with Crippen molar-refractivity contribution in [3.8, 4) is 0 Å². The Labute approximate surface area is 137 Å².